The summed E-state index contributed by atoms with van der Waals surface area (Å²) in [6.07, 6.45) is 0. The number of halogens is 6. The molecule has 1 aromatic carbocycles. The molecule has 0 spiro atoms. The number of carbonyl (C=O) groups excluding carboxylic acids is 1. The summed E-state index contributed by atoms with van der Waals surface area (Å²) in [7, 11) is -12.4. The summed E-state index contributed by atoms with van der Waals surface area (Å²) in [5.41, 5.74) is -12.4. The Kier molecular flexibility index (Phi) is 5.35. The molecule has 0 aliphatic rings. The van der Waals surface area contributed by atoms with Crippen LogP contribution in [0.3, 0.4) is 0 Å². The monoisotopic (exact) mass is 416 g/mol. The van der Waals surface area contributed by atoms with Crippen molar-refractivity contribution in [1.82, 2.24) is 0 Å². The van der Waals surface area contributed by atoms with Crippen LogP contribution in [0.25, 0.3) is 0 Å². The zero-order chi connectivity index (χ0) is 19.8. The first-order chi connectivity index (χ1) is 11.0. The van der Waals surface area contributed by atoms with Crippen LogP contribution in [0.2, 0.25) is 0 Å². The Balaban J connectivity index is 3.40. The number of hydrogen-bond acceptors (Lipinski definition) is 7. The van der Waals surface area contributed by atoms with Gasteiger partial charge in [-0.1, -0.05) is 0 Å². The van der Waals surface area contributed by atoms with Crippen LogP contribution in [0.5, 0.6) is 11.5 Å². The second-order valence-electron chi connectivity index (χ2n) is 4.22. The lowest BCUT2D eigenvalue weighted by atomic mass is 10.1. The minimum absolute atomic E-state index is 0.124. The fourth-order valence-corrected chi connectivity index (χ4v) is 2.11. The third kappa shape index (κ3) is 4.97. The van der Waals surface area contributed by atoms with Crippen molar-refractivity contribution in [2.45, 2.75) is 17.9 Å². The molecular formula is C10H6F6O7S2. The molecular weight excluding hydrogens is 410 g/mol. The van der Waals surface area contributed by atoms with Crippen molar-refractivity contribution in [3.63, 3.8) is 0 Å². The maximum absolute atomic E-state index is 12.3. The summed E-state index contributed by atoms with van der Waals surface area (Å²) in [5.74, 6) is -3.51. The lowest BCUT2D eigenvalue weighted by molar-refractivity contribution is -0.0502. The predicted octanol–water partition coefficient (Wildman–Crippen LogP) is 2.35. The minimum atomic E-state index is -6.22. The van der Waals surface area contributed by atoms with Gasteiger partial charge in [-0.2, -0.15) is 43.2 Å². The summed E-state index contributed by atoms with van der Waals surface area (Å²) in [6.45, 7) is 0.819. The average Bonchev–Trinajstić information content (AvgIpc) is 2.34. The van der Waals surface area contributed by atoms with E-state index in [0.717, 1.165) is 6.92 Å². The fourth-order valence-electron chi connectivity index (χ4n) is 1.22. The van der Waals surface area contributed by atoms with Crippen molar-refractivity contribution >= 4 is 26.0 Å². The number of rotatable bonds is 5. The van der Waals surface area contributed by atoms with Gasteiger partial charge in [0.05, 0.1) is 0 Å². The van der Waals surface area contributed by atoms with Gasteiger partial charge in [-0.05, 0) is 19.1 Å². The van der Waals surface area contributed by atoms with Gasteiger partial charge in [0.25, 0.3) is 0 Å². The van der Waals surface area contributed by atoms with Gasteiger partial charge in [-0.25, -0.2) is 0 Å². The van der Waals surface area contributed by atoms with Crippen molar-refractivity contribution in [3.05, 3.63) is 23.8 Å². The first-order valence-corrected chi connectivity index (χ1v) is 8.45. The third-order valence-corrected chi connectivity index (χ3v) is 4.22. The van der Waals surface area contributed by atoms with Crippen LogP contribution in [0.4, 0.5) is 26.3 Å². The van der Waals surface area contributed by atoms with E-state index in [9.17, 15) is 48.0 Å². The van der Waals surface area contributed by atoms with Crippen LogP contribution in [0.1, 0.15) is 17.3 Å². The van der Waals surface area contributed by atoms with Gasteiger partial charge in [0.2, 0.25) is 0 Å². The Hall–Kier alpha value is -2.03. The molecule has 0 heterocycles. The Bertz CT molecular complexity index is 819. The Morgan fingerprint density at radius 2 is 1.12 bits per heavy atom. The van der Waals surface area contributed by atoms with Gasteiger partial charge in [-0.15, -0.1) is 0 Å². The highest BCUT2D eigenvalue weighted by molar-refractivity contribution is 7.88. The van der Waals surface area contributed by atoms with Crippen molar-refractivity contribution in [1.29, 1.82) is 0 Å². The van der Waals surface area contributed by atoms with E-state index in [1.807, 2.05) is 0 Å². The van der Waals surface area contributed by atoms with Crippen LogP contribution in [-0.2, 0) is 20.2 Å². The van der Waals surface area contributed by atoms with Crippen LogP contribution in [0.15, 0.2) is 18.2 Å². The van der Waals surface area contributed by atoms with Gasteiger partial charge < -0.3 is 8.37 Å². The van der Waals surface area contributed by atoms with Crippen molar-refractivity contribution in [2.24, 2.45) is 0 Å². The van der Waals surface area contributed by atoms with Crippen molar-refractivity contribution in [3.8, 4) is 11.5 Å². The predicted molar refractivity (Wildman–Crippen MR) is 67.7 cm³/mol. The molecule has 0 amide bonds. The summed E-state index contributed by atoms with van der Waals surface area (Å²) < 4.78 is 124. The number of alkyl halides is 6. The SMILES string of the molecule is CC(=O)c1cc(OS(=O)(=O)C(F)(F)F)cc(OS(=O)(=O)C(F)(F)F)c1. The van der Waals surface area contributed by atoms with E-state index < -0.39 is 54.1 Å². The lowest BCUT2D eigenvalue weighted by Crippen LogP contribution is -2.29. The number of Topliss-reactive ketones (excluding diaryl/α,β-unsaturated/α-hetero) is 1. The quantitative estimate of drug-likeness (QED) is 0.314. The highest BCUT2D eigenvalue weighted by Gasteiger charge is 2.50. The Morgan fingerprint density at radius 1 is 0.800 bits per heavy atom. The van der Waals surface area contributed by atoms with E-state index in [4.69, 9.17) is 0 Å². The third-order valence-electron chi connectivity index (χ3n) is 2.27. The van der Waals surface area contributed by atoms with E-state index in [1.54, 1.807) is 0 Å². The molecule has 25 heavy (non-hydrogen) atoms. The first kappa shape index (κ1) is 21.0. The van der Waals surface area contributed by atoms with E-state index in [0.29, 0.717) is 12.1 Å². The van der Waals surface area contributed by atoms with Crippen molar-refractivity contribution < 1.29 is 56.3 Å². The lowest BCUT2D eigenvalue weighted by Gasteiger charge is -2.13. The highest BCUT2D eigenvalue weighted by Crippen LogP contribution is 2.32. The van der Waals surface area contributed by atoms with Gasteiger partial charge in [-0.3, -0.25) is 4.79 Å². The molecule has 0 bridgehead atoms. The molecule has 1 aromatic rings. The molecule has 0 saturated heterocycles. The fraction of sp³-hybridized carbons (Fsp3) is 0.300. The average molecular weight is 416 g/mol. The maximum Gasteiger partial charge on any atom is 0.534 e. The molecule has 142 valence electrons. The van der Waals surface area contributed by atoms with Crippen LogP contribution < -0.4 is 8.37 Å². The summed E-state index contributed by atoms with van der Waals surface area (Å²) in [5, 5.41) is 0. The van der Waals surface area contributed by atoms with Gasteiger partial charge in [0, 0.05) is 11.6 Å². The molecule has 0 aliphatic carbocycles. The molecule has 0 unspecified atom stereocenters. The topological polar surface area (TPSA) is 104 Å². The molecule has 0 aromatic heterocycles. The van der Waals surface area contributed by atoms with Gasteiger partial charge >= 0.3 is 31.3 Å². The second kappa shape index (κ2) is 6.36. The zero-order valence-electron chi connectivity index (χ0n) is 11.7. The molecule has 0 radical (unpaired) electrons. The first-order valence-electron chi connectivity index (χ1n) is 5.64. The summed E-state index contributed by atoms with van der Waals surface area (Å²) in [4.78, 5) is 11.2. The Morgan fingerprint density at radius 3 is 1.36 bits per heavy atom. The number of benzene rings is 1. The summed E-state index contributed by atoms with van der Waals surface area (Å²) >= 11 is 0. The van der Waals surface area contributed by atoms with Crippen LogP contribution >= 0.6 is 0 Å². The van der Waals surface area contributed by atoms with Crippen molar-refractivity contribution in [2.75, 3.05) is 0 Å². The number of hydrogen-bond donors (Lipinski definition) is 0. The van der Waals surface area contributed by atoms with Gasteiger partial charge in [0.1, 0.15) is 11.5 Å². The minimum Gasteiger partial charge on any atom is -0.376 e. The van der Waals surface area contributed by atoms with E-state index in [1.165, 1.54) is 0 Å². The zero-order valence-corrected chi connectivity index (χ0v) is 13.3. The molecule has 0 atom stereocenters. The summed E-state index contributed by atoms with van der Waals surface area (Å²) in [6, 6.07) is 1.01. The molecule has 0 N–H and O–H groups in total. The van der Waals surface area contributed by atoms with Gasteiger partial charge in [0.15, 0.2) is 5.78 Å². The number of ketones is 1. The molecule has 7 nitrogen and oxygen atoms in total. The molecule has 1 rings (SSSR count). The molecule has 0 saturated carbocycles. The van der Waals surface area contributed by atoms with Crippen LogP contribution in [-0.4, -0.2) is 33.6 Å². The standard InChI is InChI=1S/C10H6F6O7S2/c1-5(17)6-2-7(22-24(18,19)9(11,12)13)4-8(3-6)23-25(20,21)10(14,15)16/h2-4H,1H3. The highest BCUT2D eigenvalue weighted by atomic mass is 32.2. The number of carbonyl (C=O) groups is 1. The largest absolute Gasteiger partial charge is 0.534 e. The van der Waals surface area contributed by atoms with E-state index in [2.05, 4.69) is 8.37 Å². The smallest absolute Gasteiger partial charge is 0.376 e. The van der Waals surface area contributed by atoms with E-state index in [-0.39, 0.29) is 6.07 Å². The normalized spacial score (nSPS) is 13.4. The molecule has 0 fully saturated rings. The Labute approximate surface area is 136 Å². The molecule has 0 aliphatic heterocycles. The maximum atomic E-state index is 12.3. The van der Waals surface area contributed by atoms with Crippen LogP contribution in [0, 0.1) is 0 Å². The van der Waals surface area contributed by atoms with E-state index >= 15 is 0 Å². The molecule has 15 heteroatoms. The second-order valence-corrected chi connectivity index (χ2v) is 7.29.